The molecule has 1 atom stereocenters. The summed E-state index contributed by atoms with van der Waals surface area (Å²) in [6.07, 6.45) is 3.27. The third-order valence-corrected chi connectivity index (χ3v) is 6.28. The molecule has 9 heteroatoms. The lowest BCUT2D eigenvalue weighted by Crippen LogP contribution is -2.51. The molecular formula is C26H24N4O5. The van der Waals surface area contributed by atoms with E-state index in [4.69, 9.17) is 9.47 Å². The molecule has 35 heavy (non-hydrogen) atoms. The van der Waals surface area contributed by atoms with E-state index in [2.05, 4.69) is 10.3 Å². The van der Waals surface area contributed by atoms with E-state index in [-0.39, 0.29) is 24.3 Å². The zero-order valence-electron chi connectivity index (χ0n) is 19.4. The van der Waals surface area contributed by atoms with Crippen LogP contribution in [0.25, 0.3) is 0 Å². The summed E-state index contributed by atoms with van der Waals surface area (Å²) in [7, 11) is 2.97. The van der Waals surface area contributed by atoms with Gasteiger partial charge >= 0.3 is 0 Å². The third-order valence-electron chi connectivity index (χ3n) is 6.28. The van der Waals surface area contributed by atoms with Crippen LogP contribution in [0, 0.1) is 0 Å². The van der Waals surface area contributed by atoms with E-state index in [1.54, 1.807) is 53.7 Å². The Hall–Kier alpha value is -4.40. The molecule has 3 heterocycles. The van der Waals surface area contributed by atoms with Crippen molar-refractivity contribution >= 4 is 23.4 Å². The number of hydrogen-bond donors (Lipinski definition) is 1. The third kappa shape index (κ3) is 3.74. The van der Waals surface area contributed by atoms with Gasteiger partial charge in [0.15, 0.2) is 11.5 Å². The van der Waals surface area contributed by atoms with Crippen molar-refractivity contribution in [3.05, 3.63) is 83.2 Å². The number of fused-ring (bicyclic) bond motifs is 5. The molecule has 0 bridgehead atoms. The fraction of sp³-hybridized carbons (Fsp3) is 0.231. The van der Waals surface area contributed by atoms with E-state index in [9.17, 15) is 14.4 Å². The van der Waals surface area contributed by atoms with Gasteiger partial charge in [0.05, 0.1) is 31.0 Å². The fourth-order valence-corrected chi connectivity index (χ4v) is 4.69. The molecule has 1 aromatic heterocycles. The zero-order valence-corrected chi connectivity index (χ0v) is 19.4. The largest absolute Gasteiger partial charge is 0.493 e. The Morgan fingerprint density at radius 3 is 2.51 bits per heavy atom. The van der Waals surface area contributed by atoms with Crippen molar-refractivity contribution in [1.29, 1.82) is 0 Å². The van der Waals surface area contributed by atoms with Gasteiger partial charge in [-0.1, -0.05) is 18.2 Å². The minimum Gasteiger partial charge on any atom is -0.493 e. The Bertz CT molecular complexity index is 1310. The van der Waals surface area contributed by atoms with Crippen LogP contribution < -0.4 is 19.7 Å². The highest BCUT2D eigenvalue weighted by Gasteiger charge is 2.50. The molecule has 3 aromatic rings. The van der Waals surface area contributed by atoms with Gasteiger partial charge in [0.2, 0.25) is 5.91 Å². The highest BCUT2D eigenvalue weighted by atomic mass is 16.5. The quantitative estimate of drug-likeness (QED) is 0.567. The number of anilines is 1. The van der Waals surface area contributed by atoms with E-state index in [1.807, 2.05) is 12.1 Å². The maximum absolute atomic E-state index is 13.7. The molecule has 9 nitrogen and oxygen atoms in total. The van der Waals surface area contributed by atoms with Gasteiger partial charge in [-0.15, -0.1) is 0 Å². The monoisotopic (exact) mass is 472 g/mol. The van der Waals surface area contributed by atoms with Gasteiger partial charge in [0.25, 0.3) is 11.8 Å². The van der Waals surface area contributed by atoms with Crippen molar-refractivity contribution < 1.29 is 23.9 Å². The summed E-state index contributed by atoms with van der Waals surface area (Å²) in [6, 6.07) is 14.1. The van der Waals surface area contributed by atoms with E-state index in [0.29, 0.717) is 46.8 Å². The molecule has 178 valence electrons. The van der Waals surface area contributed by atoms with E-state index in [1.165, 1.54) is 19.1 Å². The van der Waals surface area contributed by atoms with Crippen molar-refractivity contribution in [2.45, 2.75) is 12.6 Å². The smallest absolute Gasteiger partial charge is 0.264 e. The van der Waals surface area contributed by atoms with E-state index < -0.39 is 6.17 Å². The molecule has 1 unspecified atom stereocenters. The molecule has 0 spiro atoms. The first kappa shape index (κ1) is 22.4. The summed E-state index contributed by atoms with van der Waals surface area (Å²) in [5.74, 6) is -0.228. The zero-order chi connectivity index (χ0) is 24.5. The average molecular weight is 473 g/mol. The highest BCUT2D eigenvalue weighted by Crippen LogP contribution is 2.49. The molecular weight excluding hydrogens is 448 g/mol. The number of amides is 3. The Labute approximate surface area is 202 Å². The molecule has 0 fully saturated rings. The lowest BCUT2D eigenvalue weighted by atomic mass is 10.0. The van der Waals surface area contributed by atoms with Crippen LogP contribution in [-0.2, 0) is 11.2 Å². The molecule has 2 aromatic carbocycles. The van der Waals surface area contributed by atoms with Gasteiger partial charge in [-0.3, -0.25) is 24.3 Å². The lowest BCUT2D eigenvalue weighted by Gasteiger charge is -2.40. The number of carbonyl (C=O) groups excluding carboxylic acids is 3. The molecule has 0 aliphatic carbocycles. The van der Waals surface area contributed by atoms with Crippen LogP contribution in [0.1, 0.15) is 38.0 Å². The second-order valence-electron chi connectivity index (χ2n) is 8.22. The number of aromatic nitrogens is 1. The van der Waals surface area contributed by atoms with Crippen LogP contribution in [0.2, 0.25) is 0 Å². The first-order chi connectivity index (χ1) is 17.0. The van der Waals surface area contributed by atoms with Crippen LogP contribution in [0.4, 0.5) is 5.69 Å². The van der Waals surface area contributed by atoms with Gasteiger partial charge in [0.1, 0.15) is 12.7 Å². The van der Waals surface area contributed by atoms with Crippen molar-refractivity contribution in [1.82, 2.24) is 15.2 Å². The molecule has 0 saturated heterocycles. The van der Waals surface area contributed by atoms with Crippen LogP contribution >= 0.6 is 0 Å². The van der Waals surface area contributed by atoms with Gasteiger partial charge in [-0.05, 0) is 42.3 Å². The molecule has 0 saturated carbocycles. The maximum Gasteiger partial charge on any atom is 0.264 e. The Morgan fingerprint density at radius 1 is 1.00 bits per heavy atom. The average Bonchev–Trinajstić information content (AvgIpc) is 3.19. The summed E-state index contributed by atoms with van der Waals surface area (Å²) >= 11 is 0. The van der Waals surface area contributed by atoms with Gasteiger partial charge in [-0.2, -0.15) is 0 Å². The standard InChI is InChI=1S/C26H24N4O5/c1-34-20-8-7-18-22(23(20)35-2)26(33)30-19-6-4-3-5-17(19)25(32)29(24(18)30)15-21(31)28-14-11-16-9-12-27-13-10-16/h3-10,12-13,24H,11,14-15H2,1-2H3,(H,28,31). The Balaban J connectivity index is 1.47. The molecule has 3 amide bonds. The first-order valence-corrected chi connectivity index (χ1v) is 11.2. The van der Waals surface area contributed by atoms with Gasteiger partial charge in [0, 0.05) is 24.5 Å². The number of rotatable bonds is 7. The van der Waals surface area contributed by atoms with Crippen LogP contribution in [0.5, 0.6) is 11.5 Å². The Kier molecular flexibility index (Phi) is 5.82. The molecule has 0 radical (unpaired) electrons. The highest BCUT2D eigenvalue weighted by molar-refractivity contribution is 6.18. The van der Waals surface area contributed by atoms with E-state index in [0.717, 1.165) is 5.56 Å². The first-order valence-electron chi connectivity index (χ1n) is 11.2. The molecule has 1 N–H and O–H groups in total. The second-order valence-corrected chi connectivity index (χ2v) is 8.22. The topological polar surface area (TPSA) is 101 Å². The number of hydrogen-bond acceptors (Lipinski definition) is 6. The number of ether oxygens (including phenoxy) is 2. The SMILES string of the molecule is COc1ccc2c(c1OC)C(=O)N1c3ccccc3C(=O)N(CC(=O)NCCc3ccncc3)C21. The fourth-order valence-electron chi connectivity index (χ4n) is 4.69. The number of benzene rings is 2. The maximum atomic E-state index is 13.7. The molecule has 2 aliphatic rings. The summed E-state index contributed by atoms with van der Waals surface area (Å²) in [5.41, 5.74) is 2.81. The normalized spacial score (nSPS) is 15.9. The summed E-state index contributed by atoms with van der Waals surface area (Å²) in [4.78, 5) is 47.1. The number of nitrogens with zero attached hydrogens (tertiary/aromatic N) is 3. The van der Waals surface area contributed by atoms with Crippen molar-refractivity contribution in [3.63, 3.8) is 0 Å². The summed E-state index contributed by atoms with van der Waals surface area (Å²) in [5, 5.41) is 2.88. The number of methoxy groups -OCH3 is 2. The van der Waals surface area contributed by atoms with Crippen molar-refractivity contribution in [2.24, 2.45) is 0 Å². The summed E-state index contributed by atoms with van der Waals surface area (Å²) in [6.45, 7) is 0.210. The van der Waals surface area contributed by atoms with Crippen molar-refractivity contribution in [3.8, 4) is 11.5 Å². The second kappa shape index (κ2) is 9.09. The predicted molar refractivity (Wildman–Crippen MR) is 128 cm³/mol. The number of para-hydroxylation sites is 1. The van der Waals surface area contributed by atoms with Crippen molar-refractivity contribution in [2.75, 3.05) is 32.2 Å². The summed E-state index contributed by atoms with van der Waals surface area (Å²) < 4.78 is 10.9. The lowest BCUT2D eigenvalue weighted by molar-refractivity contribution is -0.122. The van der Waals surface area contributed by atoms with Gasteiger partial charge < -0.3 is 19.7 Å². The number of pyridine rings is 1. The number of carbonyl (C=O) groups is 3. The predicted octanol–water partition coefficient (Wildman–Crippen LogP) is 2.57. The van der Waals surface area contributed by atoms with Crippen LogP contribution in [0.3, 0.4) is 0 Å². The van der Waals surface area contributed by atoms with Crippen LogP contribution in [-0.4, -0.2) is 54.9 Å². The number of nitrogens with one attached hydrogen (secondary N) is 1. The minimum absolute atomic E-state index is 0.203. The Morgan fingerprint density at radius 2 is 1.77 bits per heavy atom. The molecule has 2 aliphatic heterocycles. The van der Waals surface area contributed by atoms with E-state index >= 15 is 0 Å². The molecule has 5 rings (SSSR count). The van der Waals surface area contributed by atoms with Crippen LogP contribution in [0.15, 0.2) is 60.9 Å². The van der Waals surface area contributed by atoms with Gasteiger partial charge in [-0.25, -0.2) is 0 Å². The minimum atomic E-state index is -0.773.